The molecule has 1 heterocycles. The number of rotatable bonds is 15. The molecule has 0 spiro atoms. The predicted molar refractivity (Wildman–Crippen MR) is 186 cm³/mol. The number of aromatic hydroxyl groups is 1. The molecule has 0 fully saturated rings. The minimum absolute atomic E-state index is 0.0290. The first-order chi connectivity index (χ1) is 23.7. The molecule has 4 aromatic carbocycles. The average Bonchev–Trinajstić information content (AvgIpc) is 3.51. The Morgan fingerprint density at radius 2 is 1.06 bits per heavy atom. The summed E-state index contributed by atoms with van der Waals surface area (Å²) < 4.78 is 0. The number of hydrogen-bond acceptors (Lipinski definition) is 6. The summed E-state index contributed by atoms with van der Waals surface area (Å²) in [4.78, 5) is 56.5. The third-order valence-corrected chi connectivity index (χ3v) is 8.27. The van der Waals surface area contributed by atoms with Gasteiger partial charge in [0.2, 0.25) is 17.7 Å². The van der Waals surface area contributed by atoms with Gasteiger partial charge in [0, 0.05) is 36.4 Å². The molecule has 11 nitrogen and oxygen atoms in total. The molecule has 252 valence electrons. The van der Waals surface area contributed by atoms with Crippen molar-refractivity contribution >= 4 is 34.6 Å². The van der Waals surface area contributed by atoms with Gasteiger partial charge >= 0.3 is 5.97 Å². The number of carboxylic acid groups (broad SMARTS) is 1. The number of carboxylic acids is 1. The molecule has 8 N–H and O–H groups in total. The molecule has 4 unspecified atom stereocenters. The summed E-state index contributed by atoms with van der Waals surface area (Å²) in [5.41, 5.74) is 10.2. The van der Waals surface area contributed by atoms with Crippen molar-refractivity contribution in [2.45, 2.75) is 49.9 Å². The fraction of sp³-hybridized carbons (Fsp3) is 0.211. The molecule has 49 heavy (non-hydrogen) atoms. The van der Waals surface area contributed by atoms with Crippen molar-refractivity contribution < 1.29 is 29.4 Å². The van der Waals surface area contributed by atoms with Gasteiger partial charge in [-0.1, -0.05) is 91.0 Å². The van der Waals surface area contributed by atoms with E-state index < -0.39 is 47.9 Å². The number of H-pyrrole nitrogens is 1. The van der Waals surface area contributed by atoms with Gasteiger partial charge in [0.05, 0.1) is 6.04 Å². The number of aromatic amines is 1. The third kappa shape index (κ3) is 9.55. The first-order valence-corrected chi connectivity index (χ1v) is 16.0. The second-order valence-electron chi connectivity index (χ2n) is 11.9. The lowest BCUT2D eigenvalue weighted by Gasteiger charge is -2.25. The first-order valence-electron chi connectivity index (χ1n) is 16.0. The van der Waals surface area contributed by atoms with Crippen LogP contribution in [0.2, 0.25) is 0 Å². The summed E-state index contributed by atoms with van der Waals surface area (Å²) in [5, 5.41) is 28.6. The van der Waals surface area contributed by atoms with E-state index in [-0.39, 0.29) is 31.4 Å². The number of nitrogens with two attached hydrogens (primary N) is 1. The zero-order valence-electron chi connectivity index (χ0n) is 26.7. The maximum atomic E-state index is 14.0. The molecule has 0 aliphatic rings. The van der Waals surface area contributed by atoms with Crippen molar-refractivity contribution in [2.24, 2.45) is 5.73 Å². The van der Waals surface area contributed by atoms with E-state index >= 15 is 0 Å². The zero-order chi connectivity index (χ0) is 34.8. The topological polar surface area (TPSA) is 187 Å². The minimum atomic E-state index is -1.31. The van der Waals surface area contributed by atoms with Crippen LogP contribution in [0.5, 0.6) is 5.75 Å². The number of hydrogen-bond donors (Lipinski definition) is 7. The quantitative estimate of drug-likeness (QED) is 0.0899. The smallest absolute Gasteiger partial charge is 0.326 e. The summed E-state index contributed by atoms with van der Waals surface area (Å²) in [6.45, 7) is 0. The van der Waals surface area contributed by atoms with Gasteiger partial charge < -0.3 is 36.9 Å². The number of phenols is 1. The standard InChI is InChI=1S/C38H39N5O6/c39-30(22-27-23-40-31-14-8-7-13-29(27)31)35(45)41-32(19-24-9-3-1-4-10-24)36(46)42-33(20-25-11-5-2-6-12-25)37(47)43-34(38(48)49)21-26-15-17-28(44)18-16-26/h1-18,23,30,32-34,40,44H,19-22,39H2,(H,41,45)(H,42,46)(H,43,47)(H,48,49). The molecule has 0 radical (unpaired) electrons. The summed E-state index contributed by atoms with van der Waals surface area (Å²) >= 11 is 0. The lowest BCUT2D eigenvalue weighted by atomic mass is 10.0. The van der Waals surface area contributed by atoms with E-state index in [9.17, 15) is 29.4 Å². The number of benzene rings is 4. The normalized spacial score (nSPS) is 13.5. The Morgan fingerprint density at radius 1 is 0.592 bits per heavy atom. The van der Waals surface area contributed by atoms with Crippen LogP contribution < -0.4 is 21.7 Å². The van der Waals surface area contributed by atoms with E-state index in [1.54, 1.807) is 36.4 Å². The van der Waals surface area contributed by atoms with Crippen LogP contribution in [0.25, 0.3) is 10.9 Å². The van der Waals surface area contributed by atoms with Crippen LogP contribution in [0.15, 0.2) is 115 Å². The van der Waals surface area contributed by atoms with Crippen molar-refractivity contribution in [3.63, 3.8) is 0 Å². The molecule has 0 aliphatic carbocycles. The number of fused-ring (bicyclic) bond motifs is 1. The van der Waals surface area contributed by atoms with Gasteiger partial charge in [-0.15, -0.1) is 0 Å². The zero-order valence-corrected chi connectivity index (χ0v) is 26.7. The van der Waals surface area contributed by atoms with Crippen molar-refractivity contribution in [1.29, 1.82) is 0 Å². The van der Waals surface area contributed by atoms with Gasteiger partial charge in [-0.2, -0.15) is 0 Å². The van der Waals surface area contributed by atoms with E-state index in [1.165, 1.54) is 12.1 Å². The highest BCUT2D eigenvalue weighted by molar-refractivity contribution is 5.94. The number of amides is 3. The van der Waals surface area contributed by atoms with Gasteiger partial charge in [-0.3, -0.25) is 14.4 Å². The van der Waals surface area contributed by atoms with Gasteiger partial charge in [-0.05, 0) is 46.9 Å². The fourth-order valence-corrected chi connectivity index (χ4v) is 5.64. The molecular weight excluding hydrogens is 622 g/mol. The molecule has 0 aliphatic heterocycles. The van der Waals surface area contributed by atoms with Gasteiger partial charge in [-0.25, -0.2) is 4.79 Å². The second kappa shape index (κ2) is 16.2. The van der Waals surface area contributed by atoms with E-state index in [2.05, 4.69) is 20.9 Å². The van der Waals surface area contributed by atoms with Crippen LogP contribution in [-0.4, -0.2) is 63.1 Å². The van der Waals surface area contributed by atoms with Crippen molar-refractivity contribution in [3.05, 3.63) is 138 Å². The average molecular weight is 662 g/mol. The summed E-state index contributed by atoms with van der Waals surface area (Å²) in [6, 6.07) is 27.3. The van der Waals surface area contributed by atoms with Crippen LogP contribution in [0, 0.1) is 0 Å². The largest absolute Gasteiger partial charge is 0.508 e. The minimum Gasteiger partial charge on any atom is -0.508 e. The van der Waals surface area contributed by atoms with E-state index in [1.807, 2.05) is 66.9 Å². The summed E-state index contributed by atoms with van der Waals surface area (Å²) in [5.74, 6) is -3.10. The second-order valence-corrected chi connectivity index (χ2v) is 11.9. The van der Waals surface area contributed by atoms with Gasteiger partial charge in [0.15, 0.2) is 0 Å². The molecule has 5 rings (SSSR count). The van der Waals surface area contributed by atoms with Crippen molar-refractivity contribution in [1.82, 2.24) is 20.9 Å². The van der Waals surface area contributed by atoms with E-state index in [0.29, 0.717) is 5.56 Å². The van der Waals surface area contributed by atoms with E-state index in [4.69, 9.17) is 5.73 Å². The Balaban J connectivity index is 1.34. The highest BCUT2D eigenvalue weighted by Crippen LogP contribution is 2.19. The fourth-order valence-electron chi connectivity index (χ4n) is 5.64. The monoisotopic (exact) mass is 661 g/mol. The number of aliphatic carboxylic acids is 1. The molecule has 11 heteroatoms. The number of phenolic OH excluding ortho intramolecular Hbond substituents is 1. The Labute approximate surface area is 283 Å². The Hall–Kier alpha value is -5.94. The van der Waals surface area contributed by atoms with Gasteiger partial charge in [0.25, 0.3) is 0 Å². The Bertz CT molecular complexity index is 1880. The summed E-state index contributed by atoms with van der Waals surface area (Å²) in [6.07, 6.45) is 2.18. The lowest BCUT2D eigenvalue weighted by molar-refractivity contribution is -0.142. The Kier molecular flexibility index (Phi) is 11.4. The van der Waals surface area contributed by atoms with Crippen molar-refractivity contribution in [2.75, 3.05) is 0 Å². The third-order valence-electron chi connectivity index (χ3n) is 8.27. The molecule has 0 bridgehead atoms. The van der Waals surface area contributed by atoms with Crippen LogP contribution in [0.4, 0.5) is 0 Å². The molecule has 1 aromatic heterocycles. The maximum absolute atomic E-state index is 14.0. The predicted octanol–water partition coefficient (Wildman–Crippen LogP) is 3.01. The number of carbonyl (C=O) groups excluding carboxylic acids is 3. The molecule has 0 saturated heterocycles. The molecule has 0 saturated carbocycles. The van der Waals surface area contributed by atoms with Crippen molar-refractivity contribution in [3.8, 4) is 5.75 Å². The lowest BCUT2D eigenvalue weighted by Crippen LogP contribution is -2.58. The van der Waals surface area contributed by atoms with Crippen LogP contribution in [0.1, 0.15) is 22.3 Å². The number of aromatic nitrogens is 1. The van der Waals surface area contributed by atoms with Crippen LogP contribution in [-0.2, 0) is 44.9 Å². The molecular formula is C38H39N5O6. The highest BCUT2D eigenvalue weighted by atomic mass is 16.4. The number of para-hydroxylation sites is 1. The number of carbonyl (C=O) groups is 4. The highest BCUT2D eigenvalue weighted by Gasteiger charge is 2.31. The number of nitrogens with one attached hydrogen (secondary N) is 4. The SMILES string of the molecule is NC(Cc1c[nH]c2ccccc12)C(=O)NC(Cc1ccccc1)C(=O)NC(Cc1ccccc1)C(=O)NC(Cc1ccc(O)cc1)C(=O)O. The molecule has 4 atom stereocenters. The molecule has 5 aromatic rings. The van der Waals surface area contributed by atoms with E-state index in [0.717, 1.165) is 27.6 Å². The van der Waals surface area contributed by atoms with Crippen LogP contribution >= 0.6 is 0 Å². The molecule has 3 amide bonds. The van der Waals surface area contributed by atoms with Gasteiger partial charge in [0.1, 0.15) is 23.9 Å². The Morgan fingerprint density at radius 3 is 1.63 bits per heavy atom. The first kappa shape index (κ1) is 34.4. The summed E-state index contributed by atoms with van der Waals surface area (Å²) in [7, 11) is 0. The van der Waals surface area contributed by atoms with Crippen LogP contribution in [0.3, 0.4) is 0 Å². The maximum Gasteiger partial charge on any atom is 0.326 e.